The van der Waals surface area contributed by atoms with E-state index in [4.69, 9.17) is 13.9 Å². The highest BCUT2D eigenvalue weighted by Crippen LogP contribution is 2.36. The summed E-state index contributed by atoms with van der Waals surface area (Å²) in [5, 5.41) is 3.61. The van der Waals surface area contributed by atoms with Crippen LogP contribution in [0.4, 0.5) is 0 Å². The van der Waals surface area contributed by atoms with Crippen molar-refractivity contribution in [3.8, 4) is 11.5 Å². The first kappa shape index (κ1) is 15.4. The summed E-state index contributed by atoms with van der Waals surface area (Å²) >= 11 is 0. The molecule has 1 aliphatic carbocycles. The van der Waals surface area contributed by atoms with Gasteiger partial charge in [-0.15, -0.1) is 0 Å². The zero-order chi connectivity index (χ0) is 16.6. The van der Waals surface area contributed by atoms with Gasteiger partial charge in [0.15, 0.2) is 11.3 Å². The summed E-state index contributed by atoms with van der Waals surface area (Å²) in [4.78, 5) is 24.3. The van der Waals surface area contributed by atoms with Crippen LogP contribution in [0.25, 0.3) is 11.0 Å². The van der Waals surface area contributed by atoms with E-state index in [2.05, 4.69) is 5.32 Å². The second-order valence-corrected chi connectivity index (χ2v) is 5.69. The van der Waals surface area contributed by atoms with Gasteiger partial charge in [-0.1, -0.05) is 0 Å². The van der Waals surface area contributed by atoms with Gasteiger partial charge in [-0.3, -0.25) is 4.79 Å². The van der Waals surface area contributed by atoms with Crippen LogP contribution in [-0.4, -0.2) is 26.2 Å². The average Bonchev–Trinajstić information content (AvgIpc) is 3.34. The summed E-state index contributed by atoms with van der Waals surface area (Å²) in [5.74, 6) is 0.712. The van der Waals surface area contributed by atoms with E-state index in [1.807, 2.05) is 6.92 Å². The second kappa shape index (κ2) is 5.95. The van der Waals surface area contributed by atoms with Gasteiger partial charge >= 0.3 is 5.63 Å². The van der Waals surface area contributed by atoms with E-state index < -0.39 is 5.63 Å². The quantitative estimate of drug-likeness (QED) is 0.853. The predicted molar refractivity (Wildman–Crippen MR) is 85.2 cm³/mol. The standard InChI is InChI=1S/C17H19NO5/c1-9-11-6-7-13(21-2)16(22-3)15(11)23-17(20)12(9)8-14(19)18-10-4-5-10/h6-7,10H,4-5,8H2,1-3H3,(H,18,19). The molecule has 2 aromatic rings. The molecule has 0 atom stereocenters. The van der Waals surface area contributed by atoms with Crippen LogP contribution < -0.4 is 20.4 Å². The van der Waals surface area contributed by atoms with Crippen LogP contribution in [0.1, 0.15) is 24.0 Å². The number of hydrogen-bond donors (Lipinski definition) is 1. The molecule has 1 fully saturated rings. The fraction of sp³-hybridized carbons (Fsp3) is 0.412. The Labute approximate surface area is 133 Å². The van der Waals surface area contributed by atoms with Crippen molar-refractivity contribution < 1.29 is 18.7 Å². The Morgan fingerprint density at radius 2 is 2.04 bits per heavy atom. The SMILES string of the molecule is COc1ccc2c(C)c(CC(=O)NC3CC3)c(=O)oc2c1OC. The smallest absolute Gasteiger partial charge is 0.340 e. The highest BCUT2D eigenvalue weighted by Gasteiger charge is 2.25. The predicted octanol–water partition coefficient (Wildman–Crippen LogP) is 1.94. The molecule has 23 heavy (non-hydrogen) atoms. The van der Waals surface area contributed by atoms with E-state index in [0.29, 0.717) is 22.6 Å². The molecule has 122 valence electrons. The molecule has 1 aromatic heterocycles. The number of fused-ring (bicyclic) bond motifs is 1. The Hall–Kier alpha value is -2.50. The number of aryl methyl sites for hydroxylation is 1. The minimum absolute atomic E-state index is 0.0228. The molecule has 6 nitrogen and oxygen atoms in total. The van der Waals surface area contributed by atoms with E-state index in [1.165, 1.54) is 14.2 Å². The molecule has 0 saturated heterocycles. The maximum absolute atomic E-state index is 12.3. The van der Waals surface area contributed by atoms with Crippen molar-refractivity contribution in [2.24, 2.45) is 0 Å². The maximum atomic E-state index is 12.3. The first-order valence-electron chi connectivity index (χ1n) is 7.51. The molecule has 3 rings (SSSR count). The summed E-state index contributed by atoms with van der Waals surface area (Å²) < 4.78 is 15.9. The number of methoxy groups -OCH3 is 2. The first-order chi connectivity index (χ1) is 11.0. The van der Waals surface area contributed by atoms with Crippen molar-refractivity contribution in [1.82, 2.24) is 5.32 Å². The lowest BCUT2D eigenvalue weighted by molar-refractivity contribution is -0.120. The summed E-state index contributed by atoms with van der Waals surface area (Å²) in [6, 6.07) is 3.82. The Bertz CT molecular complexity index is 820. The number of carbonyl (C=O) groups excluding carboxylic acids is 1. The molecule has 0 unspecified atom stereocenters. The highest BCUT2D eigenvalue weighted by molar-refractivity contribution is 5.89. The summed E-state index contributed by atoms with van der Waals surface area (Å²) in [7, 11) is 3.01. The molecule has 6 heteroatoms. The Morgan fingerprint density at radius 3 is 2.65 bits per heavy atom. The number of carbonyl (C=O) groups is 1. The fourth-order valence-corrected chi connectivity index (χ4v) is 2.64. The largest absolute Gasteiger partial charge is 0.493 e. The van der Waals surface area contributed by atoms with Crippen LogP contribution in [-0.2, 0) is 11.2 Å². The van der Waals surface area contributed by atoms with Gasteiger partial charge in [0.2, 0.25) is 11.7 Å². The van der Waals surface area contributed by atoms with Gasteiger partial charge in [0.25, 0.3) is 0 Å². The lowest BCUT2D eigenvalue weighted by Crippen LogP contribution is -2.29. The summed E-state index contributed by atoms with van der Waals surface area (Å²) in [6.45, 7) is 1.81. The van der Waals surface area contributed by atoms with Crippen LogP contribution >= 0.6 is 0 Å². The number of ether oxygens (including phenoxy) is 2. The molecular weight excluding hydrogens is 298 g/mol. The van der Waals surface area contributed by atoms with Gasteiger partial charge in [-0.2, -0.15) is 0 Å². The highest BCUT2D eigenvalue weighted by atomic mass is 16.5. The van der Waals surface area contributed by atoms with Crippen molar-refractivity contribution in [2.75, 3.05) is 14.2 Å². The zero-order valence-electron chi connectivity index (χ0n) is 13.4. The topological polar surface area (TPSA) is 77.8 Å². The van der Waals surface area contributed by atoms with E-state index >= 15 is 0 Å². The average molecular weight is 317 g/mol. The molecule has 1 amide bonds. The minimum atomic E-state index is -0.521. The van der Waals surface area contributed by atoms with E-state index in [1.54, 1.807) is 12.1 Å². The van der Waals surface area contributed by atoms with Crippen molar-refractivity contribution in [1.29, 1.82) is 0 Å². The van der Waals surface area contributed by atoms with Gasteiger partial charge in [-0.25, -0.2) is 4.79 Å². The van der Waals surface area contributed by atoms with Gasteiger partial charge < -0.3 is 19.2 Å². The number of benzene rings is 1. The maximum Gasteiger partial charge on any atom is 0.340 e. The van der Waals surface area contributed by atoms with Crippen LogP contribution in [0, 0.1) is 6.92 Å². The van der Waals surface area contributed by atoms with E-state index in [9.17, 15) is 9.59 Å². The first-order valence-corrected chi connectivity index (χ1v) is 7.51. The third kappa shape index (κ3) is 2.88. The Kier molecular flexibility index (Phi) is 3.98. The van der Waals surface area contributed by atoms with E-state index in [0.717, 1.165) is 23.8 Å². The van der Waals surface area contributed by atoms with Crippen LogP contribution in [0.5, 0.6) is 11.5 Å². The Morgan fingerprint density at radius 1 is 1.30 bits per heavy atom. The molecule has 0 bridgehead atoms. The monoisotopic (exact) mass is 317 g/mol. The zero-order valence-corrected chi connectivity index (χ0v) is 13.4. The number of rotatable bonds is 5. The van der Waals surface area contributed by atoms with Crippen molar-refractivity contribution >= 4 is 16.9 Å². The van der Waals surface area contributed by atoms with Gasteiger partial charge in [0.05, 0.1) is 26.2 Å². The van der Waals surface area contributed by atoms with Crippen LogP contribution in [0.3, 0.4) is 0 Å². The fourth-order valence-electron chi connectivity index (χ4n) is 2.64. The van der Waals surface area contributed by atoms with Gasteiger partial charge in [-0.05, 0) is 37.5 Å². The number of hydrogen-bond acceptors (Lipinski definition) is 5. The molecule has 1 aromatic carbocycles. The summed E-state index contributed by atoms with van der Waals surface area (Å²) in [5.41, 5.74) is 0.916. The van der Waals surface area contributed by atoms with Crippen molar-refractivity contribution in [3.63, 3.8) is 0 Å². The molecular formula is C17H19NO5. The lowest BCUT2D eigenvalue weighted by Gasteiger charge is -2.12. The minimum Gasteiger partial charge on any atom is -0.493 e. The van der Waals surface area contributed by atoms with Gasteiger partial charge in [0.1, 0.15) is 0 Å². The van der Waals surface area contributed by atoms with Crippen molar-refractivity contribution in [2.45, 2.75) is 32.2 Å². The van der Waals surface area contributed by atoms with Crippen molar-refractivity contribution in [3.05, 3.63) is 33.7 Å². The molecule has 1 heterocycles. The van der Waals surface area contributed by atoms with E-state index in [-0.39, 0.29) is 18.4 Å². The summed E-state index contributed by atoms with van der Waals surface area (Å²) in [6.07, 6.45) is 2.04. The molecule has 1 N–H and O–H groups in total. The second-order valence-electron chi connectivity index (χ2n) is 5.69. The lowest BCUT2D eigenvalue weighted by atomic mass is 10.0. The molecule has 1 saturated carbocycles. The molecule has 1 aliphatic rings. The molecule has 0 spiro atoms. The molecule has 0 aliphatic heterocycles. The third-order valence-electron chi connectivity index (χ3n) is 4.08. The number of nitrogens with one attached hydrogen (secondary N) is 1. The Balaban J connectivity index is 2.06. The normalized spacial score (nSPS) is 13.9. The van der Waals surface area contributed by atoms with Crippen LogP contribution in [0.2, 0.25) is 0 Å². The van der Waals surface area contributed by atoms with Gasteiger partial charge in [0, 0.05) is 11.4 Å². The molecule has 0 radical (unpaired) electrons. The van der Waals surface area contributed by atoms with Crippen LogP contribution in [0.15, 0.2) is 21.3 Å². The third-order valence-corrected chi connectivity index (χ3v) is 4.08. The number of amides is 1.